The van der Waals surface area contributed by atoms with Crippen molar-refractivity contribution in [1.82, 2.24) is 20.1 Å². The summed E-state index contributed by atoms with van der Waals surface area (Å²) in [6, 6.07) is 4.59. The molecule has 1 aliphatic rings. The molecule has 0 atom stereocenters. The highest BCUT2D eigenvalue weighted by molar-refractivity contribution is 6.05. The van der Waals surface area contributed by atoms with Crippen molar-refractivity contribution in [2.75, 3.05) is 11.9 Å². The van der Waals surface area contributed by atoms with Crippen LogP contribution in [0.25, 0.3) is 11.1 Å². The van der Waals surface area contributed by atoms with Crippen LogP contribution >= 0.6 is 0 Å². The predicted octanol–water partition coefficient (Wildman–Crippen LogP) is 2.16. The maximum Gasteiger partial charge on any atom is 0.257 e. The fourth-order valence-corrected chi connectivity index (χ4v) is 3.06. The van der Waals surface area contributed by atoms with E-state index >= 15 is 0 Å². The summed E-state index contributed by atoms with van der Waals surface area (Å²) in [5.74, 6) is -1.36. The molecule has 27 heavy (non-hydrogen) atoms. The zero-order valence-corrected chi connectivity index (χ0v) is 14.5. The second-order valence-electron chi connectivity index (χ2n) is 6.28. The van der Waals surface area contributed by atoms with Crippen molar-refractivity contribution in [2.45, 2.75) is 6.42 Å². The number of benzene rings is 1. The van der Waals surface area contributed by atoms with Gasteiger partial charge in [-0.2, -0.15) is 5.10 Å². The Balaban J connectivity index is 1.61. The molecule has 8 heteroatoms. The second-order valence-corrected chi connectivity index (χ2v) is 6.28. The number of carbonyl (C=O) groups excluding carboxylic acids is 2. The number of carbonyl (C=O) groups is 2. The molecule has 0 saturated carbocycles. The van der Waals surface area contributed by atoms with Gasteiger partial charge in [0.2, 0.25) is 0 Å². The van der Waals surface area contributed by atoms with Crippen LogP contribution in [-0.4, -0.2) is 33.1 Å². The number of fused-ring (bicyclic) bond motifs is 1. The van der Waals surface area contributed by atoms with Gasteiger partial charge < -0.3 is 10.6 Å². The Morgan fingerprint density at radius 3 is 2.89 bits per heavy atom. The molecule has 2 amide bonds. The summed E-state index contributed by atoms with van der Waals surface area (Å²) in [5.41, 5.74) is 2.52. The standard InChI is InChI=1S/C19H16FN5O2/c1-25-10-13(9-23-25)11-6-12(8-21-7-11)18(26)24-16-3-2-15-14(17(16)20)4-5-22-19(15)27/h2-3,6-10H,4-5H2,1H3,(H,22,27)(H,24,26). The topological polar surface area (TPSA) is 88.9 Å². The zero-order chi connectivity index (χ0) is 19.0. The Labute approximate surface area is 154 Å². The minimum Gasteiger partial charge on any atom is -0.352 e. The van der Waals surface area contributed by atoms with Crippen LogP contribution < -0.4 is 10.6 Å². The Bertz CT molecular complexity index is 1060. The van der Waals surface area contributed by atoms with E-state index in [2.05, 4.69) is 20.7 Å². The third-order valence-corrected chi connectivity index (χ3v) is 4.44. The van der Waals surface area contributed by atoms with Crippen molar-refractivity contribution in [1.29, 1.82) is 0 Å². The third-order valence-electron chi connectivity index (χ3n) is 4.44. The van der Waals surface area contributed by atoms with Crippen molar-refractivity contribution in [3.8, 4) is 11.1 Å². The molecule has 4 rings (SSSR count). The lowest BCUT2D eigenvalue weighted by Crippen LogP contribution is -2.32. The minimum atomic E-state index is -0.577. The second kappa shape index (κ2) is 6.64. The highest BCUT2D eigenvalue weighted by Crippen LogP contribution is 2.25. The molecule has 2 aromatic heterocycles. The summed E-state index contributed by atoms with van der Waals surface area (Å²) < 4.78 is 16.4. The fraction of sp³-hybridized carbons (Fsp3) is 0.158. The molecular weight excluding hydrogens is 349 g/mol. The molecule has 0 bridgehead atoms. The molecular formula is C19H16FN5O2. The highest BCUT2D eigenvalue weighted by Gasteiger charge is 2.22. The average Bonchev–Trinajstić information content (AvgIpc) is 3.11. The first-order chi connectivity index (χ1) is 13.0. The van der Waals surface area contributed by atoms with Crippen LogP contribution in [-0.2, 0) is 13.5 Å². The van der Waals surface area contributed by atoms with Gasteiger partial charge in [-0.15, -0.1) is 0 Å². The lowest BCUT2D eigenvalue weighted by molar-refractivity contribution is 0.0944. The van der Waals surface area contributed by atoms with Gasteiger partial charge in [-0.3, -0.25) is 19.3 Å². The van der Waals surface area contributed by atoms with Gasteiger partial charge in [0.25, 0.3) is 11.8 Å². The number of hydrogen-bond donors (Lipinski definition) is 2. The predicted molar refractivity (Wildman–Crippen MR) is 96.8 cm³/mol. The van der Waals surface area contributed by atoms with E-state index in [0.29, 0.717) is 29.7 Å². The van der Waals surface area contributed by atoms with Crippen LogP contribution in [0.2, 0.25) is 0 Å². The van der Waals surface area contributed by atoms with Gasteiger partial charge in [0.05, 0.1) is 17.4 Å². The maximum absolute atomic E-state index is 14.7. The number of nitrogens with zero attached hydrogens (tertiary/aromatic N) is 3. The van der Waals surface area contributed by atoms with Crippen LogP contribution in [0.5, 0.6) is 0 Å². The molecule has 1 aliphatic heterocycles. The summed E-state index contributed by atoms with van der Waals surface area (Å²) in [4.78, 5) is 28.4. The highest BCUT2D eigenvalue weighted by atomic mass is 19.1. The van der Waals surface area contributed by atoms with E-state index < -0.39 is 11.7 Å². The van der Waals surface area contributed by atoms with E-state index in [1.54, 1.807) is 30.2 Å². The van der Waals surface area contributed by atoms with Gasteiger partial charge in [0.15, 0.2) is 5.82 Å². The third kappa shape index (κ3) is 3.17. The van der Waals surface area contributed by atoms with Gasteiger partial charge in [-0.1, -0.05) is 0 Å². The Morgan fingerprint density at radius 1 is 1.26 bits per heavy atom. The number of pyridine rings is 1. The average molecular weight is 365 g/mol. The lowest BCUT2D eigenvalue weighted by atomic mass is 9.98. The molecule has 0 spiro atoms. The number of halogens is 1. The first kappa shape index (κ1) is 16.9. The molecule has 0 radical (unpaired) electrons. The molecule has 3 heterocycles. The molecule has 2 N–H and O–H groups in total. The number of anilines is 1. The monoisotopic (exact) mass is 365 g/mol. The minimum absolute atomic E-state index is 0.0419. The van der Waals surface area contributed by atoms with Crippen LogP contribution in [0.1, 0.15) is 26.3 Å². The molecule has 0 unspecified atom stereocenters. The summed E-state index contributed by atoms with van der Waals surface area (Å²) in [5, 5.41) is 9.34. The fourth-order valence-electron chi connectivity index (χ4n) is 3.06. The molecule has 7 nitrogen and oxygen atoms in total. The first-order valence-electron chi connectivity index (χ1n) is 8.38. The Kier molecular flexibility index (Phi) is 4.15. The molecule has 0 aliphatic carbocycles. The first-order valence-corrected chi connectivity index (χ1v) is 8.38. The number of nitrogens with one attached hydrogen (secondary N) is 2. The maximum atomic E-state index is 14.7. The van der Waals surface area contributed by atoms with Crippen molar-refractivity contribution >= 4 is 17.5 Å². The molecule has 0 fully saturated rings. The molecule has 0 saturated heterocycles. The van der Waals surface area contributed by atoms with E-state index in [1.807, 2.05) is 6.20 Å². The van der Waals surface area contributed by atoms with Crippen molar-refractivity contribution in [3.05, 3.63) is 65.5 Å². The smallest absolute Gasteiger partial charge is 0.257 e. The number of hydrogen-bond acceptors (Lipinski definition) is 4. The molecule has 1 aromatic carbocycles. The number of aromatic nitrogens is 3. The summed E-state index contributed by atoms with van der Waals surface area (Å²) >= 11 is 0. The van der Waals surface area contributed by atoms with Gasteiger partial charge in [-0.05, 0) is 24.6 Å². The number of amides is 2. The van der Waals surface area contributed by atoms with Crippen molar-refractivity contribution in [2.24, 2.45) is 7.05 Å². The quantitative estimate of drug-likeness (QED) is 0.744. The zero-order valence-electron chi connectivity index (χ0n) is 14.5. The normalized spacial score (nSPS) is 13.0. The number of rotatable bonds is 3. The van der Waals surface area contributed by atoms with E-state index in [-0.39, 0.29) is 11.6 Å². The largest absolute Gasteiger partial charge is 0.352 e. The van der Waals surface area contributed by atoms with E-state index in [4.69, 9.17) is 0 Å². The summed E-state index contributed by atoms with van der Waals surface area (Å²) in [6.45, 7) is 0.372. The van der Waals surface area contributed by atoms with Gasteiger partial charge >= 0.3 is 0 Å². The SMILES string of the molecule is Cn1cc(-c2cncc(C(=O)Nc3ccc4c(c3F)CCNC4=O)c2)cn1. The van der Waals surface area contributed by atoms with E-state index in [0.717, 1.165) is 11.1 Å². The Hall–Kier alpha value is -3.55. The summed E-state index contributed by atoms with van der Waals surface area (Å²) in [7, 11) is 1.80. The lowest BCUT2D eigenvalue weighted by Gasteiger charge is -2.18. The van der Waals surface area contributed by atoms with Gasteiger partial charge in [0, 0.05) is 54.4 Å². The molecule has 3 aromatic rings. The van der Waals surface area contributed by atoms with Crippen LogP contribution in [0.15, 0.2) is 43.0 Å². The number of aryl methyl sites for hydroxylation is 1. The Morgan fingerprint density at radius 2 is 2.11 bits per heavy atom. The van der Waals surface area contributed by atoms with E-state index in [9.17, 15) is 14.0 Å². The van der Waals surface area contributed by atoms with Gasteiger partial charge in [-0.25, -0.2) is 4.39 Å². The van der Waals surface area contributed by atoms with Gasteiger partial charge in [0.1, 0.15) is 0 Å². The van der Waals surface area contributed by atoms with Crippen LogP contribution in [0.4, 0.5) is 10.1 Å². The summed E-state index contributed by atoms with van der Waals surface area (Å²) in [6.07, 6.45) is 6.92. The van der Waals surface area contributed by atoms with Crippen LogP contribution in [0, 0.1) is 5.82 Å². The molecule has 136 valence electrons. The van der Waals surface area contributed by atoms with Crippen LogP contribution in [0.3, 0.4) is 0 Å². The van der Waals surface area contributed by atoms with E-state index in [1.165, 1.54) is 18.3 Å². The van der Waals surface area contributed by atoms with Crippen molar-refractivity contribution in [3.63, 3.8) is 0 Å². The van der Waals surface area contributed by atoms with Crippen molar-refractivity contribution < 1.29 is 14.0 Å².